The van der Waals surface area contributed by atoms with Crippen molar-refractivity contribution >= 4 is 5.91 Å². The lowest BCUT2D eigenvalue weighted by atomic mass is 9.93. The second-order valence-electron chi connectivity index (χ2n) is 5.73. The molecule has 1 unspecified atom stereocenters. The minimum Gasteiger partial charge on any atom is -0.336 e. The van der Waals surface area contributed by atoms with E-state index < -0.39 is 0 Å². The van der Waals surface area contributed by atoms with Crippen molar-refractivity contribution in [3.05, 3.63) is 53.6 Å². The Morgan fingerprint density at radius 2 is 2.32 bits per heavy atom. The lowest BCUT2D eigenvalue weighted by Gasteiger charge is -2.35. The maximum absolute atomic E-state index is 13.4. The molecule has 4 nitrogen and oxygen atoms in total. The van der Waals surface area contributed by atoms with Crippen molar-refractivity contribution in [2.45, 2.75) is 38.8 Å². The van der Waals surface area contributed by atoms with Crippen LogP contribution in [0.25, 0.3) is 0 Å². The normalized spacial score (nSPS) is 17.4. The van der Waals surface area contributed by atoms with Gasteiger partial charge < -0.3 is 4.90 Å². The SMILES string of the molecule is CC1c2cc(F)ccc2CCN1C(=O)CCCn1cccn1. The van der Waals surface area contributed by atoms with E-state index in [2.05, 4.69) is 5.10 Å². The Morgan fingerprint density at radius 3 is 3.09 bits per heavy atom. The lowest BCUT2D eigenvalue weighted by Crippen LogP contribution is -2.38. The van der Waals surface area contributed by atoms with Gasteiger partial charge in [-0.3, -0.25) is 9.48 Å². The van der Waals surface area contributed by atoms with Gasteiger partial charge in [0.2, 0.25) is 5.91 Å². The molecule has 5 heteroatoms. The zero-order valence-corrected chi connectivity index (χ0v) is 12.7. The van der Waals surface area contributed by atoms with Gasteiger partial charge in [-0.2, -0.15) is 5.10 Å². The van der Waals surface area contributed by atoms with Crippen LogP contribution in [0.15, 0.2) is 36.7 Å². The summed E-state index contributed by atoms with van der Waals surface area (Å²) in [6.07, 6.45) is 5.69. The van der Waals surface area contributed by atoms with Gasteiger partial charge in [0.05, 0.1) is 6.04 Å². The molecule has 2 heterocycles. The molecule has 116 valence electrons. The summed E-state index contributed by atoms with van der Waals surface area (Å²) < 4.78 is 15.3. The van der Waals surface area contributed by atoms with E-state index in [1.807, 2.05) is 34.8 Å². The number of carbonyl (C=O) groups is 1. The summed E-state index contributed by atoms with van der Waals surface area (Å²) >= 11 is 0. The van der Waals surface area contributed by atoms with Crippen molar-refractivity contribution in [1.29, 1.82) is 0 Å². The quantitative estimate of drug-likeness (QED) is 0.871. The fraction of sp³-hybridized carbons (Fsp3) is 0.412. The number of aryl methyl sites for hydroxylation is 1. The molecule has 0 saturated carbocycles. The van der Waals surface area contributed by atoms with Crippen molar-refractivity contribution in [2.75, 3.05) is 6.54 Å². The molecule has 1 aromatic heterocycles. The Labute approximate surface area is 129 Å². The minimum absolute atomic E-state index is 0.0587. The van der Waals surface area contributed by atoms with Crippen LogP contribution in [0.3, 0.4) is 0 Å². The largest absolute Gasteiger partial charge is 0.336 e. The van der Waals surface area contributed by atoms with E-state index in [9.17, 15) is 9.18 Å². The van der Waals surface area contributed by atoms with Gasteiger partial charge in [0, 0.05) is 31.9 Å². The summed E-state index contributed by atoms with van der Waals surface area (Å²) in [4.78, 5) is 14.3. The molecule has 1 amide bonds. The maximum atomic E-state index is 13.4. The van der Waals surface area contributed by atoms with Crippen LogP contribution in [0, 0.1) is 5.82 Å². The lowest BCUT2D eigenvalue weighted by molar-refractivity contribution is -0.133. The molecular weight excluding hydrogens is 281 g/mol. The average molecular weight is 301 g/mol. The number of carbonyl (C=O) groups excluding carboxylic acids is 1. The van der Waals surface area contributed by atoms with E-state index >= 15 is 0 Å². The summed E-state index contributed by atoms with van der Waals surface area (Å²) in [5.41, 5.74) is 2.08. The van der Waals surface area contributed by atoms with Crippen LogP contribution < -0.4 is 0 Å². The second kappa shape index (κ2) is 6.30. The topological polar surface area (TPSA) is 38.1 Å². The number of hydrogen-bond acceptors (Lipinski definition) is 2. The zero-order chi connectivity index (χ0) is 15.5. The first-order chi connectivity index (χ1) is 10.6. The monoisotopic (exact) mass is 301 g/mol. The predicted octanol–water partition coefficient (Wildman–Crippen LogP) is 2.95. The van der Waals surface area contributed by atoms with Gasteiger partial charge in [-0.05, 0) is 49.1 Å². The van der Waals surface area contributed by atoms with Gasteiger partial charge in [0.25, 0.3) is 0 Å². The fourth-order valence-corrected chi connectivity index (χ4v) is 3.09. The first-order valence-corrected chi connectivity index (χ1v) is 7.70. The van der Waals surface area contributed by atoms with Gasteiger partial charge in [-0.15, -0.1) is 0 Å². The van der Waals surface area contributed by atoms with Crippen LogP contribution in [0.1, 0.15) is 36.9 Å². The molecule has 1 aliphatic rings. The third-order valence-corrected chi connectivity index (χ3v) is 4.30. The van der Waals surface area contributed by atoms with Crippen LogP contribution in [-0.2, 0) is 17.8 Å². The Hall–Kier alpha value is -2.17. The van der Waals surface area contributed by atoms with E-state index in [0.29, 0.717) is 13.0 Å². The molecule has 0 saturated heterocycles. The number of amides is 1. The van der Waals surface area contributed by atoms with Gasteiger partial charge in [-0.25, -0.2) is 4.39 Å². The van der Waals surface area contributed by atoms with E-state index in [-0.39, 0.29) is 17.8 Å². The number of halogens is 1. The number of hydrogen-bond donors (Lipinski definition) is 0. The molecule has 0 aliphatic carbocycles. The highest BCUT2D eigenvalue weighted by atomic mass is 19.1. The third-order valence-electron chi connectivity index (χ3n) is 4.30. The maximum Gasteiger partial charge on any atom is 0.223 e. The summed E-state index contributed by atoms with van der Waals surface area (Å²) in [5, 5.41) is 4.13. The van der Waals surface area contributed by atoms with E-state index in [0.717, 1.165) is 30.5 Å². The molecule has 0 radical (unpaired) electrons. The van der Waals surface area contributed by atoms with E-state index in [4.69, 9.17) is 0 Å². The molecule has 0 spiro atoms. The summed E-state index contributed by atoms with van der Waals surface area (Å²) in [6.45, 7) is 3.43. The fourth-order valence-electron chi connectivity index (χ4n) is 3.09. The second-order valence-corrected chi connectivity index (χ2v) is 5.73. The van der Waals surface area contributed by atoms with E-state index in [1.165, 1.54) is 6.07 Å². The Morgan fingerprint density at radius 1 is 1.45 bits per heavy atom. The Bertz CT molecular complexity index is 654. The smallest absolute Gasteiger partial charge is 0.223 e. The van der Waals surface area contributed by atoms with Crippen LogP contribution >= 0.6 is 0 Å². The molecule has 0 fully saturated rings. The molecule has 22 heavy (non-hydrogen) atoms. The molecular formula is C17H20FN3O. The highest BCUT2D eigenvalue weighted by molar-refractivity contribution is 5.77. The zero-order valence-electron chi connectivity index (χ0n) is 12.7. The summed E-state index contributed by atoms with van der Waals surface area (Å²) in [6, 6.07) is 6.70. The number of benzene rings is 1. The highest BCUT2D eigenvalue weighted by Crippen LogP contribution is 2.30. The van der Waals surface area contributed by atoms with Crippen molar-refractivity contribution in [2.24, 2.45) is 0 Å². The molecule has 1 aliphatic heterocycles. The van der Waals surface area contributed by atoms with Crippen LogP contribution in [-0.4, -0.2) is 27.1 Å². The number of nitrogens with zero attached hydrogens (tertiary/aromatic N) is 3. The van der Waals surface area contributed by atoms with Crippen LogP contribution in [0.5, 0.6) is 0 Å². The van der Waals surface area contributed by atoms with Gasteiger partial charge in [-0.1, -0.05) is 6.07 Å². The molecule has 2 aromatic rings. The van der Waals surface area contributed by atoms with E-state index in [1.54, 1.807) is 12.3 Å². The standard InChI is InChI=1S/C17H20FN3O/c1-13-16-12-15(18)6-5-14(16)7-11-21(13)17(22)4-2-9-20-10-3-8-19-20/h3,5-6,8,10,12-13H,2,4,7,9,11H2,1H3. The Kier molecular flexibility index (Phi) is 4.22. The van der Waals surface area contributed by atoms with Crippen LogP contribution in [0.4, 0.5) is 4.39 Å². The highest BCUT2D eigenvalue weighted by Gasteiger charge is 2.27. The predicted molar refractivity (Wildman–Crippen MR) is 81.7 cm³/mol. The van der Waals surface area contributed by atoms with Gasteiger partial charge in [0.1, 0.15) is 5.82 Å². The minimum atomic E-state index is -0.237. The molecule has 3 rings (SSSR count). The summed E-state index contributed by atoms with van der Waals surface area (Å²) in [7, 11) is 0. The number of aromatic nitrogens is 2. The first kappa shape index (κ1) is 14.8. The van der Waals surface area contributed by atoms with Gasteiger partial charge >= 0.3 is 0 Å². The summed E-state index contributed by atoms with van der Waals surface area (Å²) in [5.74, 6) is -0.104. The third kappa shape index (κ3) is 3.03. The number of rotatable bonds is 4. The molecule has 1 aromatic carbocycles. The van der Waals surface area contributed by atoms with Gasteiger partial charge in [0.15, 0.2) is 0 Å². The van der Waals surface area contributed by atoms with Crippen molar-refractivity contribution in [3.8, 4) is 0 Å². The van der Waals surface area contributed by atoms with Crippen molar-refractivity contribution < 1.29 is 9.18 Å². The van der Waals surface area contributed by atoms with Crippen molar-refractivity contribution in [3.63, 3.8) is 0 Å². The molecule has 0 N–H and O–H groups in total. The average Bonchev–Trinajstić information content (AvgIpc) is 3.01. The molecule has 0 bridgehead atoms. The first-order valence-electron chi connectivity index (χ1n) is 7.70. The molecule has 1 atom stereocenters. The van der Waals surface area contributed by atoms with Crippen molar-refractivity contribution in [1.82, 2.24) is 14.7 Å². The number of fused-ring (bicyclic) bond motifs is 1. The Balaban J connectivity index is 1.61. The van der Waals surface area contributed by atoms with Crippen LogP contribution in [0.2, 0.25) is 0 Å².